The second-order valence-corrected chi connectivity index (χ2v) is 5.91. The number of halogens is 1. The highest BCUT2D eigenvalue weighted by Crippen LogP contribution is 2.40. The van der Waals surface area contributed by atoms with Gasteiger partial charge in [0.1, 0.15) is 6.10 Å². The molecule has 1 aliphatic rings. The zero-order valence-corrected chi connectivity index (χ0v) is 14.7. The Morgan fingerprint density at radius 3 is 1.91 bits per heavy atom. The first-order valence-corrected chi connectivity index (χ1v) is 7.48. The number of methoxy groups -OCH3 is 1. The predicted molar refractivity (Wildman–Crippen MR) is 77.3 cm³/mol. The van der Waals surface area contributed by atoms with Gasteiger partial charge in [-0.25, -0.2) is 0 Å². The van der Waals surface area contributed by atoms with E-state index >= 15 is 0 Å². The number of hydrogen-bond acceptors (Lipinski definition) is 9. The minimum atomic E-state index is -1.69. The molecule has 1 heterocycles. The van der Waals surface area contributed by atoms with Gasteiger partial charge in [0.2, 0.25) is 6.10 Å². The van der Waals surface area contributed by atoms with Crippen LogP contribution >= 0.6 is 15.9 Å². The van der Waals surface area contributed by atoms with Gasteiger partial charge in [-0.3, -0.25) is 14.4 Å². The molecule has 5 atom stereocenters. The molecule has 0 aliphatic carbocycles. The molecule has 0 aromatic heterocycles. The van der Waals surface area contributed by atoms with E-state index in [-0.39, 0.29) is 0 Å². The first-order chi connectivity index (χ1) is 10.6. The van der Waals surface area contributed by atoms with Gasteiger partial charge in [0, 0.05) is 27.9 Å². The van der Waals surface area contributed by atoms with Crippen LogP contribution in [0.1, 0.15) is 20.8 Å². The van der Waals surface area contributed by atoms with Crippen LogP contribution in [0.15, 0.2) is 0 Å². The van der Waals surface area contributed by atoms with E-state index in [0.29, 0.717) is 0 Å². The Morgan fingerprint density at radius 2 is 1.52 bits per heavy atom. The molecule has 132 valence electrons. The molecule has 9 nitrogen and oxygen atoms in total. The molecule has 0 amide bonds. The average molecular weight is 399 g/mol. The molecule has 1 rings (SSSR count). The topological polar surface area (TPSA) is 118 Å². The third-order valence-electron chi connectivity index (χ3n) is 3.00. The van der Waals surface area contributed by atoms with E-state index in [2.05, 4.69) is 15.9 Å². The van der Waals surface area contributed by atoms with E-state index in [1.165, 1.54) is 7.11 Å². The molecule has 23 heavy (non-hydrogen) atoms. The average Bonchev–Trinajstić information content (AvgIpc) is 2.44. The lowest BCUT2D eigenvalue weighted by Crippen LogP contribution is -2.66. The van der Waals surface area contributed by atoms with Crippen molar-refractivity contribution in [2.75, 3.05) is 13.7 Å². The number of hydrogen-bond donors (Lipinski definition) is 1. The number of alkyl halides is 1. The Balaban J connectivity index is 3.28. The normalized spacial score (nSPS) is 33.7. The zero-order chi connectivity index (χ0) is 17.8. The Kier molecular flexibility index (Phi) is 6.93. The molecule has 0 aromatic rings. The summed E-state index contributed by atoms with van der Waals surface area (Å²) in [5.41, 5.74) is 0. The number of aliphatic hydroxyl groups excluding tert-OH is 1. The van der Waals surface area contributed by atoms with Crippen molar-refractivity contribution in [3.63, 3.8) is 0 Å². The van der Waals surface area contributed by atoms with Crippen molar-refractivity contribution in [1.82, 2.24) is 0 Å². The minimum Gasteiger partial charge on any atom is -0.456 e. The first kappa shape index (κ1) is 19.8. The number of carbonyl (C=O) groups is 3. The summed E-state index contributed by atoms with van der Waals surface area (Å²) in [6.45, 7) is 2.88. The lowest BCUT2D eigenvalue weighted by Gasteiger charge is -2.47. The van der Waals surface area contributed by atoms with Gasteiger partial charge in [-0.05, 0) is 15.9 Å². The summed E-state index contributed by atoms with van der Waals surface area (Å²) in [4.78, 5) is 34.1. The lowest BCUT2D eigenvalue weighted by atomic mass is 9.98. The van der Waals surface area contributed by atoms with Crippen molar-refractivity contribution in [3.05, 3.63) is 0 Å². The quantitative estimate of drug-likeness (QED) is 0.383. The van der Waals surface area contributed by atoms with E-state index in [1.807, 2.05) is 0 Å². The molecule has 1 saturated heterocycles. The third kappa shape index (κ3) is 4.87. The van der Waals surface area contributed by atoms with E-state index in [9.17, 15) is 19.5 Å². The molecular formula is C13H19BrO9. The van der Waals surface area contributed by atoms with Crippen LogP contribution < -0.4 is 0 Å². The Labute approximate surface area is 141 Å². The van der Waals surface area contributed by atoms with Gasteiger partial charge < -0.3 is 28.8 Å². The van der Waals surface area contributed by atoms with Crippen molar-refractivity contribution in [3.8, 4) is 0 Å². The molecular weight excluding hydrogens is 380 g/mol. The molecule has 0 saturated carbocycles. The van der Waals surface area contributed by atoms with Gasteiger partial charge in [-0.1, -0.05) is 0 Å². The van der Waals surface area contributed by atoms with E-state index in [4.69, 9.17) is 23.7 Å². The summed E-state index contributed by atoms with van der Waals surface area (Å²) < 4.78 is 24.4. The van der Waals surface area contributed by atoms with Gasteiger partial charge in [-0.2, -0.15) is 0 Å². The molecule has 0 bridgehead atoms. The number of aliphatic hydroxyl groups is 1. The van der Waals surface area contributed by atoms with Crippen LogP contribution in [0.25, 0.3) is 0 Å². The fourth-order valence-corrected chi connectivity index (χ4v) is 2.79. The Bertz CT molecular complexity index is 468. The Hall–Kier alpha value is -1.23. The summed E-state index contributed by atoms with van der Waals surface area (Å²) >= 11 is 3.13. The summed E-state index contributed by atoms with van der Waals surface area (Å²) in [6.07, 6.45) is -4.78. The van der Waals surface area contributed by atoms with Gasteiger partial charge in [0.15, 0.2) is 12.2 Å². The molecule has 10 heteroatoms. The van der Waals surface area contributed by atoms with E-state index in [0.717, 1.165) is 20.8 Å². The van der Waals surface area contributed by atoms with Crippen LogP contribution in [-0.2, 0) is 38.1 Å². The molecule has 1 aliphatic heterocycles. The second-order valence-electron chi connectivity index (χ2n) is 4.80. The summed E-state index contributed by atoms with van der Waals surface area (Å²) in [7, 11) is 1.26. The maximum absolute atomic E-state index is 11.4. The number of carbonyl (C=O) groups excluding carboxylic acids is 3. The molecule has 0 unspecified atom stereocenters. The van der Waals surface area contributed by atoms with Crippen molar-refractivity contribution in [1.29, 1.82) is 0 Å². The fourth-order valence-electron chi connectivity index (χ4n) is 2.20. The van der Waals surface area contributed by atoms with Crippen molar-refractivity contribution in [2.24, 2.45) is 0 Å². The van der Waals surface area contributed by atoms with Crippen LogP contribution in [0.5, 0.6) is 0 Å². The monoisotopic (exact) mass is 398 g/mol. The van der Waals surface area contributed by atoms with Crippen molar-refractivity contribution >= 4 is 33.8 Å². The predicted octanol–water partition coefficient (Wildman–Crippen LogP) is -0.132. The molecule has 0 aromatic carbocycles. The highest BCUT2D eigenvalue weighted by atomic mass is 79.9. The summed E-state index contributed by atoms with van der Waals surface area (Å²) in [6, 6.07) is 0. The van der Waals surface area contributed by atoms with Crippen LogP contribution in [-0.4, -0.2) is 65.8 Å². The standard InChI is InChI=1S/C13H19BrO9/c1-6(16)20-10-9(5-15)23-13(14,19-4)12(22-8(3)18)11(10)21-7(2)17/h9-12,15H,5H2,1-4H3/t9-,10-,11+,12-,13+/m1/s1. The first-order valence-electron chi connectivity index (χ1n) is 6.69. The van der Waals surface area contributed by atoms with E-state index in [1.54, 1.807) is 0 Å². The van der Waals surface area contributed by atoms with Crippen LogP contribution in [0.3, 0.4) is 0 Å². The second kappa shape index (κ2) is 8.04. The maximum atomic E-state index is 11.4. The Morgan fingerprint density at radius 1 is 1.04 bits per heavy atom. The van der Waals surface area contributed by atoms with Gasteiger partial charge in [-0.15, -0.1) is 0 Å². The highest BCUT2D eigenvalue weighted by molar-refractivity contribution is 9.10. The molecule has 0 radical (unpaired) electrons. The van der Waals surface area contributed by atoms with Gasteiger partial charge in [0.05, 0.1) is 6.61 Å². The number of rotatable bonds is 5. The zero-order valence-electron chi connectivity index (χ0n) is 13.1. The third-order valence-corrected chi connectivity index (χ3v) is 3.96. The lowest BCUT2D eigenvalue weighted by molar-refractivity contribution is -0.315. The van der Waals surface area contributed by atoms with Crippen LogP contribution in [0.4, 0.5) is 0 Å². The summed E-state index contributed by atoms with van der Waals surface area (Å²) in [5.74, 6) is -2.08. The van der Waals surface area contributed by atoms with Crippen molar-refractivity contribution < 1.29 is 43.2 Å². The largest absolute Gasteiger partial charge is 0.456 e. The number of esters is 3. The fraction of sp³-hybridized carbons (Fsp3) is 0.769. The minimum absolute atomic E-state index is 0.556. The van der Waals surface area contributed by atoms with Gasteiger partial charge in [0.25, 0.3) is 4.70 Å². The van der Waals surface area contributed by atoms with Crippen LogP contribution in [0.2, 0.25) is 0 Å². The van der Waals surface area contributed by atoms with Crippen LogP contribution in [0, 0.1) is 0 Å². The summed E-state index contributed by atoms with van der Waals surface area (Å²) in [5, 5.41) is 9.48. The molecule has 1 fully saturated rings. The van der Waals surface area contributed by atoms with Gasteiger partial charge >= 0.3 is 17.9 Å². The molecule has 0 spiro atoms. The molecule has 1 N–H and O–H groups in total. The van der Waals surface area contributed by atoms with E-state index < -0.39 is 53.6 Å². The SMILES string of the molecule is CO[C@]1(Br)O[C@H](CO)[C@@H](OC(C)=O)[C@H](OC(C)=O)[C@H]1OC(C)=O. The number of ether oxygens (including phenoxy) is 5. The smallest absolute Gasteiger partial charge is 0.303 e. The maximum Gasteiger partial charge on any atom is 0.303 e. The highest BCUT2D eigenvalue weighted by Gasteiger charge is 2.59. The van der Waals surface area contributed by atoms with Crippen molar-refractivity contribution in [2.45, 2.75) is 49.9 Å².